The molecule has 2 saturated heterocycles. The highest BCUT2D eigenvalue weighted by Gasteiger charge is 2.37. The van der Waals surface area contributed by atoms with E-state index in [-0.39, 0.29) is 17.4 Å². The Labute approximate surface area is 226 Å². The van der Waals surface area contributed by atoms with Crippen LogP contribution in [0.5, 0.6) is 0 Å². The number of imidazole rings is 1. The van der Waals surface area contributed by atoms with Crippen molar-refractivity contribution in [2.45, 2.75) is 44.2 Å². The van der Waals surface area contributed by atoms with E-state index in [0.29, 0.717) is 39.2 Å². The Kier molecular flexibility index (Phi) is 8.52. The number of piperidine rings is 2. The summed E-state index contributed by atoms with van der Waals surface area (Å²) in [5.41, 5.74) is 2.07. The highest BCUT2D eigenvalue weighted by molar-refractivity contribution is 5.95. The van der Waals surface area contributed by atoms with E-state index in [1.165, 1.54) is 6.07 Å². The topological polar surface area (TPSA) is 88.5 Å². The summed E-state index contributed by atoms with van der Waals surface area (Å²) in [6.45, 7) is 3.76. The standard InChI is InChI=1S/C29H35F2N5O3/c1-39-15-5-14-36-26-8-3-2-7-25(26)33-27(36)20-6-4-13-35(18-20)29(38)21-17-32-12-11-24(21)34-28(37)19-9-10-22(30)23(31)16-19/h2-3,7-10,16,20-21,24,32H,4-6,11-15,17-18H2,1H3,(H,34,37). The van der Waals surface area contributed by atoms with Crippen molar-refractivity contribution in [1.29, 1.82) is 0 Å². The van der Waals surface area contributed by atoms with Crippen LogP contribution in [-0.2, 0) is 16.1 Å². The lowest BCUT2D eigenvalue weighted by Crippen LogP contribution is -2.56. The third kappa shape index (κ3) is 5.96. The van der Waals surface area contributed by atoms with Crippen molar-refractivity contribution in [3.05, 3.63) is 65.5 Å². The van der Waals surface area contributed by atoms with E-state index in [1.807, 2.05) is 23.1 Å². The number of fused-ring (bicyclic) bond motifs is 1. The molecular weight excluding hydrogens is 504 g/mol. The lowest BCUT2D eigenvalue weighted by molar-refractivity contribution is -0.138. The lowest BCUT2D eigenvalue weighted by Gasteiger charge is -2.39. The van der Waals surface area contributed by atoms with Crippen LogP contribution in [0.25, 0.3) is 11.0 Å². The fraction of sp³-hybridized carbons (Fsp3) is 0.483. The summed E-state index contributed by atoms with van der Waals surface area (Å²) in [5.74, 6) is -1.96. The van der Waals surface area contributed by atoms with Gasteiger partial charge in [-0.05, 0) is 62.6 Å². The fourth-order valence-electron chi connectivity index (χ4n) is 5.81. The number of carbonyl (C=O) groups excluding carboxylic acids is 2. The van der Waals surface area contributed by atoms with Gasteiger partial charge in [-0.15, -0.1) is 0 Å². The number of carbonyl (C=O) groups is 2. The molecule has 2 aliphatic heterocycles. The summed E-state index contributed by atoms with van der Waals surface area (Å²) in [7, 11) is 1.70. The lowest BCUT2D eigenvalue weighted by atomic mass is 9.89. The summed E-state index contributed by atoms with van der Waals surface area (Å²) in [6, 6.07) is 10.8. The van der Waals surface area contributed by atoms with Crippen LogP contribution >= 0.6 is 0 Å². The summed E-state index contributed by atoms with van der Waals surface area (Å²) in [6.07, 6.45) is 3.24. The van der Waals surface area contributed by atoms with Gasteiger partial charge in [0, 0.05) is 57.4 Å². The van der Waals surface area contributed by atoms with E-state index in [2.05, 4.69) is 21.3 Å². The molecule has 2 fully saturated rings. The molecule has 0 radical (unpaired) electrons. The quantitative estimate of drug-likeness (QED) is 0.428. The van der Waals surface area contributed by atoms with Gasteiger partial charge in [0.1, 0.15) is 5.82 Å². The number of methoxy groups -OCH3 is 1. The van der Waals surface area contributed by atoms with Gasteiger partial charge in [-0.1, -0.05) is 12.1 Å². The average Bonchev–Trinajstić information content (AvgIpc) is 3.33. The maximum Gasteiger partial charge on any atom is 0.251 e. The first-order valence-electron chi connectivity index (χ1n) is 13.7. The van der Waals surface area contributed by atoms with E-state index in [0.717, 1.165) is 54.8 Å². The van der Waals surface area contributed by atoms with Crippen LogP contribution in [0.1, 0.15) is 47.8 Å². The molecule has 0 spiro atoms. The number of hydrogen-bond donors (Lipinski definition) is 2. The maximum atomic E-state index is 13.8. The number of likely N-dealkylation sites (tertiary alicyclic amines) is 1. The number of rotatable bonds is 8. The molecule has 3 atom stereocenters. The van der Waals surface area contributed by atoms with Gasteiger partial charge < -0.3 is 24.8 Å². The first kappa shape index (κ1) is 27.2. The number of benzene rings is 2. The number of nitrogens with zero attached hydrogens (tertiary/aromatic N) is 3. The van der Waals surface area contributed by atoms with Crippen LogP contribution < -0.4 is 10.6 Å². The molecule has 2 aromatic carbocycles. The van der Waals surface area contributed by atoms with E-state index in [9.17, 15) is 18.4 Å². The van der Waals surface area contributed by atoms with Crippen molar-refractivity contribution in [1.82, 2.24) is 25.1 Å². The molecule has 0 saturated carbocycles. The molecule has 8 nitrogen and oxygen atoms in total. The third-order valence-electron chi connectivity index (χ3n) is 7.81. The molecule has 10 heteroatoms. The number of halogens is 2. The smallest absolute Gasteiger partial charge is 0.251 e. The van der Waals surface area contributed by atoms with Crippen molar-refractivity contribution >= 4 is 22.8 Å². The van der Waals surface area contributed by atoms with Crippen LogP contribution in [-0.4, -0.2) is 72.2 Å². The van der Waals surface area contributed by atoms with Crippen molar-refractivity contribution in [2.24, 2.45) is 5.92 Å². The molecule has 3 aromatic rings. The Morgan fingerprint density at radius 1 is 1.15 bits per heavy atom. The SMILES string of the molecule is COCCCn1c(C2CCCN(C(=O)C3CNCCC3NC(=O)c3ccc(F)c(F)c3)C2)nc2ccccc21. The summed E-state index contributed by atoms with van der Waals surface area (Å²) in [5, 5.41) is 6.18. The van der Waals surface area contributed by atoms with Crippen molar-refractivity contribution < 1.29 is 23.1 Å². The van der Waals surface area contributed by atoms with Crippen molar-refractivity contribution in [3.63, 3.8) is 0 Å². The number of aromatic nitrogens is 2. The summed E-state index contributed by atoms with van der Waals surface area (Å²) in [4.78, 5) is 33.5. The predicted octanol–water partition coefficient (Wildman–Crippen LogP) is 3.47. The molecule has 5 rings (SSSR count). The third-order valence-corrected chi connectivity index (χ3v) is 7.81. The molecule has 208 valence electrons. The predicted molar refractivity (Wildman–Crippen MR) is 143 cm³/mol. The minimum absolute atomic E-state index is 0.00969. The minimum atomic E-state index is -1.08. The van der Waals surface area contributed by atoms with E-state index >= 15 is 0 Å². The van der Waals surface area contributed by atoms with E-state index < -0.39 is 29.5 Å². The zero-order chi connectivity index (χ0) is 27.4. The van der Waals surface area contributed by atoms with Crippen LogP contribution in [0, 0.1) is 17.6 Å². The first-order valence-corrected chi connectivity index (χ1v) is 13.7. The van der Waals surface area contributed by atoms with E-state index in [4.69, 9.17) is 9.72 Å². The van der Waals surface area contributed by atoms with Gasteiger partial charge in [0.25, 0.3) is 5.91 Å². The average molecular weight is 540 g/mol. The Morgan fingerprint density at radius 2 is 2.00 bits per heavy atom. The normalized spacial score (nSPS) is 21.7. The van der Waals surface area contributed by atoms with E-state index in [1.54, 1.807) is 7.11 Å². The molecule has 0 bridgehead atoms. The van der Waals surface area contributed by atoms with Gasteiger partial charge >= 0.3 is 0 Å². The summed E-state index contributed by atoms with van der Waals surface area (Å²) < 4.78 is 34.6. The molecule has 2 amide bonds. The van der Waals surface area contributed by atoms with Gasteiger partial charge in [0.05, 0.1) is 17.0 Å². The van der Waals surface area contributed by atoms with Crippen LogP contribution in [0.3, 0.4) is 0 Å². The maximum absolute atomic E-state index is 13.8. The highest BCUT2D eigenvalue weighted by atomic mass is 19.2. The van der Waals surface area contributed by atoms with Gasteiger partial charge in [0.15, 0.2) is 11.6 Å². The molecule has 3 unspecified atom stereocenters. The Morgan fingerprint density at radius 3 is 2.82 bits per heavy atom. The minimum Gasteiger partial charge on any atom is -0.385 e. The molecule has 3 heterocycles. The first-order chi connectivity index (χ1) is 19.0. The Balaban J connectivity index is 1.31. The molecule has 2 N–H and O–H groups in total. The van der Waals surface area contributed by atoms with Crippen LogP contribution in [0.15, 0.2) is 42.5 Å². The van der Waals surface area contributed by atoms with Crippen LogP contribution in [0.2, 0.25) is 0 Å². The summed E-state index contributed by atoms with van der Waals surface area (Å²) >= 11 is 0. The molecular formula is C29H35F2N5O3. The number of hydrogen-bond acceptors (Lipinski definition) is 5. The number of amides is 2. The zero-order valence-electron chi connectivity index (χ0n) is 22.2. The molecule has 0 aliphatic carbocycles. The molecule has 2 aliphatic rings. The van der Waals surface area contributed by atoms with Crippen LogP contribution in [0.4, 0.5) is 8.78 Å². The largest absolute Gasteiger partial charge is 0.385 e. The van der Waals surface area contributed by atoms with Gasteiger partial charge in [0.2, 0.25) is 5.91 Å². The highest BCUT2D eigenvalue weighted by Crippen LogP contribution is 2.31. The number of para-hydroxylation sites is 2. The second kappa shape index (κ2) is 12.2. The molecule has 39 heavy (non-hydrogen) atoms. The number of nitrogens with one attached hydrogen (secondary N) is 2. The van der Waals surface area contributed by atoms with Crippen molar-refractivity contribution in [2.75, 3.05) is 39.9 Å². The van der Waals surface area contributed by atoms with Gasteiger partial charge in [-0.3, -0.25) is 9.59 Å². The number of aryl methyl sites for hydroxylation is 1. The van der Waals surface area contributed by atoms with Gasteiger partial charge in [-0.25, -0.2) is 13.8 Å². The monoisotopic (exact) mass is 539 g/mol. The second-order valence-electron chi connectivity index (χ2n) is 10.4. The Hall–Kier alpha value is -3.37. The second-order valence-corrected chi connectivity index (χ2v) is 10.4. The fourth-order valence-corrected chi connectivity index (χ4v) is 5.81. The van der Waals surface area contributed by atoms with Crippen molar-refractivity contribution in [3.8, 4) is 0 Å². The van der Waals surface area contributed by atoms with Gasteiger partial charge in [-0.2, -0.15) is 0 Å². The Bertz CT molecular complexity index is 1330. The molecule has 1 aromatic heterocycles. The zero-order valence-corrected chi connectivity index (χ0v) is 22.2. The number of ether oxygens (including phenoxy) is 1.